The van der Waals surface area contributed by atoms with Crippen molar-refractivity contribution in [1.29, 1.82) is 0 Å². The Morgan fingerprint density at radius 2 is 1.96 bits per heavy atom. The number of rotatable bonds is 8. The third-order valence-corrected chi connectivity index (χ3v) is 4.74. The average molecular weight is 363 g/mol. The molecule has 2 atom stereocenters. The van der Waals surface area contributed by atoms with Crippen molar-refractivity contribution in [2.45, 2.75) is 45.3 Å². The zero-order valence-electron chi connectivity index (χ0n) is 15.0. The molecule has 3 rings (SSSR count). The van der Waals surface area contributed by atoms with E-state index < -0.39 is 6.61 Å². The minimum absolute atomic E-state index is 0.00986. The van der Waals surface area contributed by atoms with E-state index in [4.69, 9.17) is 4.42 Å². The third kappa shape index (κ3) is 4.84. The Hall–Kier alpha value is -2.37. The fourth-order valence-electron chi connectivity index (χ4n) is 3.01. The predicted octanol–water partition coefficient (Wildman–Crippen LogP) is 4.60. The Labute approximate surface area is 151 Å². The van der Waals surface area contributed by atoms with Gasteiger partial charge in [-0.2, -0.15) is 8.78 Å². The van der Waals surface area contributed by atoms with Gasteiger partial charge in [-0.3, -0.25) is 4.79 Å². The van der Waals surface area contributed by atoms with Crippen LogP contribution in [0.5, 0.6) is 5.75 Å². The maximum absolute atomic E-state index is 12.3. The quantitative estimate of drug-likeness (QED) is 0.689. The van der Waals surface area contributed by atoms with Crippen molar-refractivity contribution in [3.05, 3.63) is 53.5 Å². The van der Waals surface area contributed by atoms with Crippen molar-refractivity contribution >= 4 is 5.91 Å². The van der Waals surface area contributed by atoms with Crippen LogP contribution >= 0.6 is 0 Å². The molecular formula is C20H23F2NO3. The van der Waals surface area contributed by atoms with E-state index in [1.165, 1.54) is 18.6 Å². The molecule has 0 N–H and O–H groups in total. The molecule has 0 saturated heterocycles. The molecule has 1 heterocycles. The normalized spacial score (nSPS) is 18.8. The van der Waals surface area contributed by atoms with Crippen molar-refractivity contribution in [1.82, 2.24) is 4.90 Å². The van der Waals surface area contributed by atoms with Crippen LogP contribution in [0.4, 0.5) is 8.78 Å². The van der Waals surface area contributed by atoms with E-state index in [1.54, 1.807) is 24.1 Å². The summed E-state index contributed by atoms with van der Waals surface area (Å²) in [6.07, 6.45) is 2.12. The van der Waals surface area contributed by atoms with Crippen LogP contribution in [-0.2, 0) is 17.8 Å². The summed E-state index contributed by atoms with van der Waals surface area (Å²) in [7, 11) is 1.73. The van der Waals surface area contributed by atoms with Crippen molar-refractivity contribution in [3.8, 4) is 5.75 Å². The Morgan fingerprint density at radius 3 is 2.58 bits per heavy atom. The zero-order chi connectivity index (χ0) is 18.7. The smallest absolute Gasteiger partial charge is 0.387 e. The van der Waals surface area contributed by atoms with Gasteiger partial charge in [-0.15, -0.1) is 0 Å². The average Bonchev–Trinajstić information content (AvgIpc) is 3.15. The number of carbonyl (C=O) groups excluding carboxylic acids is 1. The van der Waals surface area contributed by atoms with Crippen LogP contribution in [0.1, 0.15) is 42.8 Å². The Morgan fingerprint density at radius 1 is 1.27 bits per heavy atom. The van der Waals surface area contributed by atoms with E-state index >= 15 is 0 Å². The number of alkyl halides is 2. The lowest BCUT2D eigenvalue weighted by Gasteiger charge is -2.17. The van der Waals surface area contributed by atoms with E-state index in [1.807, 2.05) is 12.1 Å². The van der Waals surface area contributed by atoms with Gasteiger partial charge in [-0.25, -0.2) is 0 Å². The molecular weight excluding hydrogens is 340 g/mol. The second-order valence-corrected chi connectivity index (χ2v) is 6.90. The Kier molecular flexibility index (Phi) is 5.59. The molecule has 2 unspecified atom stereocenters. The SMILES string of the molecule is CC1CC1c1ccc(CCC(=O)N(C)Cc2ccc(OC(F)F)cc2)o1. The first-order valence-electron chi connectivity index (χ1n) is 8.78. The third-order valence-electron chi connectivity index (χ3n) is 4.74. The van der Waals surface area contributed by atoms with E-state index in [0.29, 0.717) is 31.2 Å². The highest BCUT2D eigenvalue weighted by molar-refractivity contribution is 5.76. The maximum Gasteiger partial charge on any atom is 0.387 e. The molecule has 1 aliphatic rings. The van der Waals surface area contributed by atoms with Crippen LogP contribution < -0.4 is 4.74 Å². The standard InChI is InChI=1S/C20H23F2NO3/c1-13-11-17(13)18-9-7-15(25-18)8-10-19(24)23(2)12-14-3-5-16(6-4-14)26-20(21)22/h3-7,9,13,17,20H,8,10-12H2,1-2H3. The van der Waals surface area contributed by atoms with Crippen molar-refractivity contribution in [3.63, 3.8) is 0 Å². The monoisotopic (exact) mass is 363 g/mol. The van der Waals surface area contributed by atoms with Gasteiger partial charge in [0, 0.05) is 32.4 Å². The molecule has 140 valence electrons. The molecule has 0 radical (unpaired) electrons. The van der Waals surface area contributed by atoms with Crippen LogP contribution in [0.2, 0.25) is 0 Å². The fraction of sp³-hybridized carbons (Fsp3) is 0.450. The molecule has 4 nitrogen and oxygen atoms in total. The number of aryl methyl sites for hydroxylation is 1. The lowest BCUT2D eigenvalue weighted by molar-refractivity contribution is -0.130. The van der Waals surface area contributed by atoms with Gasteiger partial charge in [0.1, 0.15) is 17.3 Å². The molecule has 1 fully saturated rings. The van der Waals surface area contributed by atoms with Crippen molar-refractivity contribution in [2.24, 2.45) is 5.92 Å². The largest absolute Gasteiger partial charge is 0.466 e. The molecule has 0 bridgehead atoms. The van der Waals surface area contributed by atoms with Gasteiger partial charge in [0.15, 0.2) is 0 Å². The second kappa shape index (κ2) is 7.89. The van der Waals surface area contributed by atoms with Gasteiger partial charge < -0.3 is 14.1 Å². The van der Waals surface area contributed by atoms with Gasteiger partial charge in [0.25, 0.3) is 0 Å². The molecule has 1 amide bonds. The second-order valence-electron chi connectivity index (χ2n) is 6.90. The van der Waals surface area contributed by atoms with E-state index in [9.17, 15) is 13.6 Å². The minimum atomic E-state index is -2.84. The number of ether oxygens (including phenoxy) is 1. The molecule has 6 heteroatoms. The summed E-state index contributed by atoms with van der Waals surface area (Å²) in [4.78, 5) is 13.9. The first-order chi connectivity index (χ1) is 12.4. The topological polar surface area (TPSA) is 42.7 Å². The van der Waals surface area contributed by atoms with Gasteiger partial charge in [0.2, 0.25) is 5.91 Å². The molecule has 1 saturated carbocycles. The predicted molar refractivity (Wildman–Crippen MR) is 93.1 cm³/mol. The Balaban J connectivity index is 1.46. The summed E-state index contributed by atoms with van der Waals surface area (Å²) in [5.74, 6) is 3.22. The number of carbonyl (C=O) groups is 1. The highest BCUT2D eigenvalue weighted by Gasteiger charge is 2.36. The number of hydrogen-bond acceptors (Lipinski definition) is 3. The van der Waals surface area contributed by atoms with Gasteiger partial charge in [-0.05, 0) is 42.2 Å². The summed E-state index contributed by atoms with van der Waals surface area (Å²) in [5.41, 5.74) is 0.852. The van der Waals surface area contributed by atoms with Crippen LogP contribution in [-0.4, -0.2) is 24.5 Å². The van der Waals surface area contributed by atoms with Crippen LogP contribution in [0.25, 0.3) is 0 Å². The summed E-state index contributed by atoms with van der Waals surface area (Å²) in [6, 6.07) is 10.3. The highest BCUT2D eigenvalue weighted by Crippen LogP contribution is 2.47. The van der Waals surface area contributed by atoms with E-state index in [0.717, 1.165) is 17.1 Å². The molecule has 0 aliphatic heterocycles. The van der Waals surface area contributed by atoms with E-state index in [-0.39, 0.29) is 11.7 Å². The lowest BCUT2D eigenvalue weighted by atomic mass is 10.2. The molecule has 1 aliphatic carbocycles. The number of nitrogens with zero attached hydrogens (tertiary/aromatic N) is 1. The van der Waals surface area contributed by atoms with Crippen LogP contribution in [0.15, 0.2) is 40.8 Å². The van der Waals surface area contributed by atoms with Crippen LogP contribution in [0.3, 0.4) is 0 Å². The zero-order valence-corrected chi connectivity index (χ0v) is 15.0. The van der Waals surface area contributed by atoms with Gasteiger partial charge >= 0.3 is 6.61 Å². The fourth-order valence-corrected chi connectivity index (χ4v) is 3.01. The molecule has 1 aromatic carbocycles. The van der Waals surface area contributed by atoms with Crippen molar-refractivity contribution in [2.75, 3.05) is 7.05 Å². The number of amides is 1. The van der Waals surface area contributed by atoms with E-state index in [2.05, 4.69) is 11.7 Å². The van der Waals surface area contributed by atoms with Gasteiger partial charge in [-0.1, -0.05) is 19.1 Å². The molecule has 2 aromatic rings. The number of furan rings is 1. The Bertz CT molecular complexity index is 742. The maximum atomic E-state index is 12.3. The lowest BCUT2D eigenvalue weighted by Crippen LogP contribution is -2.26. The highest BCUT2D eigenvalue weighted by atomic mass is 19.3. The molecule has 1 aromatic heterocycles. The molecule has 0 spiro atoms. The summed E-state index contributed by atoms with van der Waals surface area (Å²) in [5, 5.41) is 0. The molecule has 26 heavy (non-hydrogen) atoms. The number of benzene rings is 1. The number of hydrogen-bond donors (Lipinski definition) is 0. The van der Waals surface area contributed by atoms with Gasteiger partial charge in [0.05, 0.1) is 0 Å². The summed E-state index contributed by atoms with van der Waals surface area (Å²) < 4.78 is 34.4. The first-order valence-corrected chi connectivity index (χ1v) is 8.78. The summed E-state index contributed by atoms with van der Waals surface area (Å²) >= 11 is 0. The first kappa shape index (κ1) is 18.4. The number of halogens is 2. The summed E-state index contributed by atoms with van der Waals surface area (Å²) in [6.45, 7) is -0.218. The van der Waals surface area contributed by atoms with Crippen LogP contribution in [0, 0.1) is 5.92 Å². The minimum Gasteiger partial charge on any atom is -0.466 e. The van der Waals surface area contributed by atoms with Crippen molar-refractivity contribution < 1.29 is 22.7 Å².